The average molecular weight is 225 g/mol. The van der Waals surface area contributed by atoms with Crippen LogP contribution in [0.3, 0.4) is 0 Å². The van der Waals surface area contributed by atoms with Gasteiger partial charge in [-0.2, -0.15) is 5.10 Å². The van der Waals surface area contributed by atoms with Crippen LogP contribution in [0.5, 0.6) is 0 Å². The zero-order chi connectivity index (χ0) is 12.0. The van der Waals surface area contributed by atoms with E-state index in [4.69, 9.17) is 0 Å². The van der Waals surface area contributed by atoms with Crippen molar-refractivity contribution in [1.29, 1.82) is 0 Å². The van der Waals surface area contributed by atoms with Crippen molar-refractivity contribution >= 4 is 6.34 Å². The number of rotatable bonds is 7. The van der Waals surface area contributed by atoms with Crippen LogP contribution in [0.25, 0.3) is 0 Å². The molecule has 0 aliphatic carbocycles. The Kier molecular flexibility index (Phi) is 5.64. The molecule has 0 amide bonds. The molecule has 0 N–H and O–H groups in total. The van der Waals surface area contributed by atoms with Crippen molar-refractivity contribution in [2.75, 3.05) is 6.54 Å². The van der Waals surface area contributed by atoms with Crippen LogP contribution in [0.4, 0.5) is 0 Å². The normalized spacial score (nSPS) is 20.2. The van der Waals surface area contributed by atoms with Gasteiger partial charge in [-0.05, 0) is 33.1 Å². The lowest BCUT2D eigenvalue weighted by Crippen LogP contribution is -2.42. The van der Waals surface area contributed by atoms with Gasteiger partial charge in [-0.25, -0.2) is 0 Å². The summed E-state index contributed by atoms with van der Waals surface area (Å²) in [5, 5.41) is 6.79. The third-order valence-corrected chi connectivity index (χ3v) is 3.14. The zero-order valence-electron chi connectivity index (χ0n) is 11.3. The van der Waals surface area contributed by atoms with Crippen LogP contribution in [0.1, 0.15) is 59.8 Å². The van der Waals surface area contributed by atoms with Crippen molar-refractivity contribution in [3.63, 3.8) is 0 Å². The molecule has 0 bridgehead atoms. The number of hydrogen-bond donors (Lipinski definition) is 0. The van der Waals surface area contributed by atoms with Gasteiger partial charge in [0.2, 0.25) is 0 Å². The van der Waals surface area contributed by atoms with Crippen molar-refractivity contribution in [1.82, 2.24) is 9.91 Å². The molecule has 0 saturated carbocycles. The maximum absolute atomic E-state index is 4.54. The monoisotopic (exact) mass is 225 g/mol. The third-order valence-electron chi connectivity index (χ3n) is 3.14. The summed E-state index contributed by atoms with van der Waals surface area (Å²) in [7, 11) is 0. The first-order chi connectivity index (χ1) is 7.70. The van der Waals surface area contributed by atoms with Crippen molar-refractivity contribution in [2.24, 2.45) is 5.10 Å². The van der Waals surface area contributed by atoms with Gasteiger partial charge in [0, 0.05) is 12.6 Å². The Morgan fingerprint density at radius 3 is 2.44 bits per heavy atom. The van der Waals surface area contributed by atoms with Crippen LogP contribution < -0.4 is 0 Å². The molecule has 3 nitrogen and oxygen atoms in total. The third kappa shape index (κ3) is 3.39. The van der Waals surface area contributed by atoms with E-state index < -0.39 is 0 Å². The van der Waals surface area contributed by atoms with Crippen LogP contribution in [-0.4, -0.2) is 35.0 Å². The smallest absolute Gasteiger partial charge is 0.119 e. The standard InChI is InChI=1S/C13H27N3/c1-5-7-9-13-15(10-8-6-2)11-14-16(13)12(3)4/h11-13H,5-10H2,1-4H3. The Morgan fingerprint density at radius 2 is 1.88 bits per heavy atom. The topological polar surface area (TPSA) is 18.8 Å². The lowest BCUT2D eigenvalue weighted by atomic mass is 10.1. The quantitative estimate of drug-likeness (QED) is 0.662. The highest BCUT2D eigenvalue weighted by atomic mass is 15.6. The summed E-state index contributed by atoms with van der Waals surface area (Å²) in [6, 6.07) is 0.504. The molecular formula is C13H27N3. The molecule has 1 aliphatic heterocycles. The zero-order valence-corrected chi connectivity index (χ0v) is 11.3. The number of unbranched alkanes of at least 4 members (excludes halogenated alkanes) is 2. The highest BCUT2D eigenvalue weighted by Gasteiger charge is 2.28. The van der Waals surface area contributed by atoms with Gasteiger partial charge >= 0.3 is 0 Å². The molecule has 3 heteroatoms. The van der Waals surface area contributed by atoms with E-state index >= 15 is 0 Å². The highest BCUT2D eigenvalue weighted by Crippen LogP contribution is 2.21. The molecule has 1 atom stereocenters. The lowest BCUT2D eigenvalue weighted by Gasteiger charge is -2.33. The minimum Gasteiger partial charge on any atom is -0.339 e. The van der Waals surface area contributed by atoms with Gasteiger partial charge in [0.1, 0.15) is 12.5 Å². The SMILES string of the molecule is CCCCC1N(CCCC)C=NN1C(C)C. The molecule has 0 radical (unpaired) electrons. The van der Waals surface area contributed by atoms with Gasteiger partial charge < -0.3 is 4.90 Å². The van der Waals surface area contributed by atoms with Gasteiger partial charge in [-0.3, -0.25) is 5.01 Å². The van der Waals surface area contributed by atoms with E-state index in [1.54, 1.807) is 0 Å². The van der Waals surface area contributed by atoms with Gasteiger partial charge in [-0.1, -0.05) is 26.7 Å². The molecule has 0 saturated heterocycles. The molecule has 16 heavy (non-hydrogen) atoms. The van der Waals surface area contributed by atoms with Crippen molar-refractivity contribution in [3.8, 4) is 0 Å². The van der Waals surface area contributed by atoms with Crippen LogP contribution >= 0.6 is 0 Å². The van der Waals surface area contributed by atoms with E-state index in [2.05, 4.69) is 42.7 Å². The van der Waals surface area contributed by atoms with E-state index in [-0.39, 0.29) is 0 Å². The number of hydrogen-bond acceptors (Lipinski definition) is 3. The summed E-state index contributed by atoms with van der Waals surface area (Å²) in [6.45, 7) is 10.1. The Bertz CT molecular complexity index is 213. The Labute approximate surface area is 100 Å². The fourth-order valence-corrected chi connectivity index (χ4v) is 2.14. The van der Waals surface area contributed by atoms with Crippen LogP contribution in [0, 0.1) is 0 Å². The molecule has 0 fully saturated rings. The minimum atomic E-state index is 0.504. The minimum absolute atomic E-state index is 0.504. The fraction of sp³-hybridized carbons (Fsp3) is 0.923. The second kappa shape index (κ2) is 6.77. The molecule has 1 unspecified atom stereocenters. The molecular weight excluding hydrogens is 198 g/mol. The summed E-state index contributed by atoms with van der Waals surface area (Å²) < 4.78 is 0. The fourth-order valence-electron chi connectivity index (χ4n) is 2.14. The number of hydrazone groups is 1. The predicted molar refractivity (Wildman–Crippen MR) is 70.4 cm³/mol. The van der Waals surface area contributed by atoms with Crippen LogP contribution in [0.15, 0.2) is 5.10 Å². The first-order valence-corrected chi connectivity index (χ1v) is 6.78. The highest BCUT2D eigenvalue weighted by molar-refractivity contribution is 5.57. The largest absolute Gasteiger partial charge is 0.339 e. The summed E-state index contributed by atoms with van der Waals surface area (Å²) in [6.07, 6.45) is 8.86. The van der Waals surface area contributed by atoms with Gasteiger partial charge in [0.05, 0.1) is 0 Å². The van der Waals surface area contributed by atoms with Crippen molar-refractivity contribution < 1.29 is 0 Å². The summed E-state index contributed by atoms with van der Waals surface area (Å²) in [5.74, 6) is 0. The maximum Gasteiger partial charge on any atom is 0.119 e. The first kappa shape index (κ1) is 13.3. The molecule has 0 aromatic rings. The Balaban J connectivity index is 2.52. The van der Waals surface area contributed by atoms with E-state index in [1.807, 2.05) is 6.34 Å². The Morgan fingerprint density at radius 1 is 1.19 bits per heavy atom. The molecule has 0 aromatic heterocycles. The number of nitrogens with zero attached hydrogens (tertiary/aromatic N) is 3. The van der Waals surface area contributed by atoms with Gasteiger partial charge in [0.15, 0.2) is 0 Å². The van der Waals surface area contributed by atoms with Crippen molar-refractivity contribution in [2.45, 2.75) is 72.0 Å². The van der Waals surface area contributed by atoms with E-state index in [0.29, 0.717) is 12.2 Å². The molecule has 1 aliphatic rings. The van der Waals surface area contributed by atoms with E-state index in [9.17, 15) is 0 Å². The Hall–Kier alpha value is -0.730. The van der Waals surface area contributed by atoms with E-state index in [0.717, 1.165) is 6.54 Å². The second-order valence-corrected chi connectivity index (χ2v) is 4.92. The van der Waals surface area contributed by atoms with Gasteiger partial charge in [-0.15, -0.1) is 0 Å². The summed E-state index contributed by atoms with van der Waals surface area (Å²) in [5.41, 5.74) is 0. The predicted octanol–water partition coefficient (Wildman–Crippen LogP) is 3.27. The van der Waals surface area contributed by atoms with Crippen LogP contribution in [-0.2, 0) is 0 Å². The molecule has 0 spiro atoms. The van der Waals surface area contributed by atoms with E-state index in [1.165, 1.54) is 32.1 Å². The summed E-state index contributed by atoms with van der Waals surface area (Å²) >= 11 is 0. The molecule has 94 valence electrons. The summed E-state index contributed by atoms with van der Waals surface area (Å²) in [4.78, 5) is 2.42. The average Bonchev–Trinajstić information content (AvgIpc) is 2.66. The molecule has 1 heterocycles. The molecule has 0 aromatic carbocycles. The lowest BCUT2D eigenvalue weighted by molar-refractivity contribution is 0.0897. The van der Waals surface area contributed by atoms with Crippen molar-refractivity contribution in [3.05, 3.63) is 0 Å². The maximum atomic E-state index is 4.54. The first-order valence-electron chi connectivity index (χ1n) is 6.78. The van der Waals surface area contributed by atoms with Crippen LogP contribution in [0.2, 0.25) is 0 Å². The van der Waals surface area contributed by atoms with Gasteiger partial charge in [0.25, 0.3) is 0 Å². The molecule has 1 rings (SSSR count). The second-order valence-electron chi connectivity index (χ2n) is 4.92.